The lowest BCUT2D eigenvalue weighted by Crippen LogP contribution is -2.18. The van der Waals surface area contributed by atoms with Gasteiger partial charge in [0.15, 0.2) is 0 Å². The Morgan fingerprint density at radius 3 is 2.71 bits per heavy atom. The second-order valence-electron chi connectivity index (χ2n) is 3.85. The molecule has 4 heteroatoms. The van der Waals surface area contributed by atoms with E-state index in [4.69, 9.17) is 10.5 Å². The topological polar surface area (TPSA) is 50.8 Å². The van der Waals surface area contributed by atoms with Crippen LogP contribution in [0.25, 0.3) is 0 Å². The standard InChI is InChI=1S/C13H10FN3/c14-12-2-1-3-13(6-12)17-5-4-10(9-17)11(7-15)8-16/h1-3,6H,4-5,9H2. The summed E-state index contributed by atoms with van der Waals surface area (Å²) in [6.07, 6.45) is 0.687. The molecule has 1 aromatic rings. The van der Waals surface area contributed by atoms with Crippen molar-refractivity contribution >= 4 is 5.69 Å². The van der Waals surface area contributed by atoms with E-state index in [9.17, 15) is 4.39 Å². The van der Waals surface area contributed by atoms with Crippen molar-refractivity contribution in [1.29, 1.82) is 10.5 Å². The van der Waals surface area contributed by atoms with Gasteiger partial charge in [0.2, 0.25) is 0 Å². The molecule has 0 spiro atoms. The predicted molar refractivity (Wildman–Crippen MR) is 61.5 cm³/mol. The minimum atomic E-state index is -0.277. The van der Waals surface area contributed by atoms with Crippen LogP contribution in [0.3, 0.4) is 0 Å². The highest BCUT2D eigenvalue weighted by Gasteiger charge is 2.20. The molecular formula is C13H10FN3. The Balaban J connectivity index is 2.23. The highest BCUT2D eigenvalue weighted by molar-refractivity contribution is 5.53. The van der Waals surface area contributed by atoms with Gasteiger partial charge < -0.3 is 4.90 Å². The van der Waals surface area contributed by atoms with Crippen LogP contribution < -0.4 is 4.90 Å². The molecule has 0 N–H and O–H groups in total. The Labute approximate surface area is 99.0 Å². The normalized spacial score (nSPS) is 14.3. The maximum Gasteiger partial charge on any atom is 0.130 e. The molecule has 0 radical (unpaired) electrons. The molecule has 1 saturated heterocycles. The molecule has 1 heterocycles. The number of nitrogens with zero attached hydrogens (tertiary/aromatic N) is 3. The van der Waals surface area contributed by atoms with Crippen LogP contribution in [0.1, 0.15) is 6.42 Å². The summed E-state index contributed by atoms with van der Waals surface area (Å²) >= 11 is 0. The number of benzene rings is 1. The van der Waals surface area contributed by atoms with Gasteiger partial charge in [-0.3, -0.25) is 0 Å². The van der Waals surface area contributed by atoms with Gasteiger partial charge in [0, 0.05) is 18.8 Å². The van der Waals surface area contributed by atoms with Crippen LogP contribution in [0.15, 0.2) is 35.4 Å². The fourth-order valence-corrected chi connectivity index (χ4v) is 1.94. The third-order valence-corrected chi connectivity index (χ3v) is 2.82. The van der Waals surface area contributed by atoms with Crippen LogP contribution in [-0.4, -0.2) is 13.1 Å². The van der Waals surface area contributed by atoms with Gasteiger partial charge >= 0.3 is 0 Å². The van der Waals surface area contributed by atoms with Crippen LogP contribution in [0.4, 0.5) is 10.1 Å². The average molecular weight is 227 g/mol. The lowest BCUT2D eigenvalue weighted by Gasteiger charge is -2.16. The van der Waals surface area contributed by atoms with Crippen molar-refractivity contribution in [3.8, 4) is 12.1 Å². The summed E-state index contributed by atoms with van der Waals surface area (Å²) in [5, 5.41) is 17.6. The van der Waals surface area contributed by atoms with E-state index in [0.29, 0.717) is 19.5 Å². The highest BCUT2D eigenvalue weighted by Crippen LogP contribution is 2.25. The van der Waals surface area contributed by atoms with Crippen molar-refractivity contribution in [2.45, 2.75) is 6.42 Å². The van der Waals surface area contributed by atoms with Gasteiger partial charge in [-0.1, -0.05) is 6.07 Å². The van der Waals surface area contributed by atoms with Crippen LogP contribution >= 0.6 is 0 Å². The summed E-state index contributed by atoms with van der Waals surface area (Å²) < 4.78 is 13.1. The lowest BCUT2D eigenvalue weighted by atomic mass is 10.1. The number of halogens is 1. The zero-order valence-electron chi connectivity index (χ0n) is 9.15. The van der Waals surface area contributed by atoms with Crippen molar-refractivity contribution in [1.82, 2.24) is 0 Å². The third kappa shape index (κ3) is 2.26. The fourth-order valence-electron chi connectivity index (χ4n) is 1.94. The molecule has 3 nitrogen and oxygen atoms in total. The predicted octanol–water partition coefficient (Wildman–Crippen LogP) is 2.38. The molecule has 1 fully saturated rings. The van der Waals surface area contributed by atoms with Crippen molar-refractivity contribution in [2.24, 2.45) is 0 Å². The minimum absolute atomic E-state index is 0.184. The second kappa shape index (κ2) is 4.67. The highest BCUT2D eigenvalue weighted by atomic mass is 19.1. The Hall–Kier alpha value is -2.33. The third-order valence-electron chi connectivity index (χ3n) is 2.82. The summed E-state index contributed by atoms with van der Waals surface area (Å²) in [4.78, 5) is 1.97. The van der Waals surface area contributed by atoms with Crippen molar-refractivity contribution < 1.29 is 4.39 Å². The second-order valence-corrected chi connectivity index (χ2v) is 3.85. The van der Waals surface area contributed by atoms with E-state index in [1.54, 1.807) is 6.07 Å². The molecule has 1 aliphatic heterocycles. The monoisotopic (exact) mass is 227 g/mol. The molecule has 0 amide bonds. The average Bonchev–Trinajstić information content (AvgIpc) is 2.80. The van der Waals surface area contributed by atoms with Gasteiger partial charge in [0.1, 0.15) is 23.5 Å². The van der Waals surface area contributed by atoms with Crippen molar-refractivity contribution in [2.75, 3.05) is 18.0 Å². The molecule has 0 saturated carbocycles. The van der Waals surface area contributed by atoms with E-state index in [2.05, 4.69) is 0 Å². The number of allylic oxidation sites excluding steroid dienone is 1. The quantitative estimate of drug-likeness (QED) is 0.692. The maximum absolute atomic E-state index is 13.1. The molecular weight excluding hydrogens is 217 g/mol. The van der Waals surface area contributed by atoms with Crippen LogP contribution in [0.5, 0.6) is 0 Å². The number of rotatable bonds is 1. The lowest BCUT2D eigenvalue weighted by molar-refractivity contribution is 0.627. The zero-order chi connectivity index (χ0) is 12.3. The first kappa shape index (κ1) is 11.2. The van der Waals surface area contributed by atoms with E-state index in [1.165, 1.54) is 12.1 Å². The molecule has 0 aliphatic carbocycles. The molecule has 17 heavy (non-hydrogen) atoms. The first-order valence-electron chi connectivity index (χ1n) is 5.27. The van der Waals surface area contributed by atoms with Crippen LogP contribution in [-0.2, 0) is 0 Å². The van der Waals surface area contributed by atoms with Crippen LogP contribution in [0.2, 0.25) is 0 Å². The Morgan fingerprint density at radius 2 is 2.06 bits per heavy atom. The SMILES string of the molecule is N#CC(C#N)=C1CCN(c2cccc(F)c2)C1. The molecule has 0 unspecified atom stereocenters. The summed E-state index contributed by atoms with van der Waals surface area (Å²) in [5.74, 6) is -0.277. The van der Waals surface area contributed by atoms with Crippen molar-refractivity contribution in [3.63, 3.8) is 0 Å². The largest absolute Gasteiger partial charge is 0.367 e. The molecule has 0 aromatic heterocycles. The summed E-state index contributed by atoms with van der Waals surface area (Å²) in [5.41, 5.74) is 1.80. The van der Waals surface area contributed by atoms with Crippen LogP contribution in [0, 0.1) is 28.5 Å². The van der Waals surface area contributed by atoms with E-state index >= 15 is 0 Å². The summed E-state index contributed by atoms with van der Waals surface area (Å²) in [6, 6.07) is 10.1. The fraction of sp³-hybridized carbons (Fsp3) is 0.231. The number of hydrogen-bond donors (Lipinski definition) is 0. The first-order chi connectivity index (χ1) is 8.24. The summed E-state index contributed by atoms with van der Waals surface area (Å²) in [7, 11) is 0. The smallest absolute Gasteiger partial charge is 0.130 e. The Kier molecular flexibility index (Phi) is 3.07. The number of nitriles is 2. The molecule has 1 aliphatic rings. The molecule has 2 rings (SSSR count). The Bertz CT molecular complexity index is 533. The van der Waals surface area contributed by atoms with Gasteiger partial charge in [-0.25, -0.2) is 4.39 Å². The molecule has 0 atom stereocenters. The van der Waals surface area contributed by atoms with Crippen molar-refractivity contribution in [3.05, 3.63) is 41.2 Å². The maximum atomic E-state index is 13.1. The molecule has 84 valence electrons. The van der Waals surface area contributed by atoms with E-state index in [0.717, 1.165) is 11.3 Å². The number of anilines is 1. The van der Waals surface area contributed by atoms with E-state index in [1.807, 2.05) is 23.1 Å². The van der Waals surface area contributed by atoms with Gasteiger partial charge in [0.25, 0.3) is 0 Å². The van der Waals surface area contributed by atoms with Gasteiger partial charge in [-0.15, -0.1) is 0 Å². The van der Waals surface area contributed by atoms with Gasteiger partial charge in [-0.05, 0) is 30.2 Å². The van der Waals surface area contributed by atoms with Gasteiger partial charge in [-0.2, -0.15) is 10.5 Å². The Morgan fingerprint density at radius 1 is 1.29 bits per heavy atom. The van der Waals surface area contributed by atoms with E-state index < -0.39 is 0 Å². The zero-order valence-corrected chi connectivity index (χ0v) is 9.15. The number of hydrogen-bond acceptors (Lipinski definition) is 3. The molecule has 1 aromatic carbocycles. The summed E-state index contributed by atoms with van der Waals surface area (Å²) in [6.45, 7) is 1.24. The minimum Gasteiger partial charge on any atom is -0.367 e. The van der Waals surface area contributed by atoms with E-state index in [-0.39, 0.29) is 11.4 Å². The first-order valence-corrected chi connectivity index (χ1v) is 5.27. The molecule has 0 bridgehead atoms. The van der Waals surface area contributed by atoms with Gasteiger partial charge in [0.05, 0.1) is 0 Å².